The second-order valence-corrected chi connectivity index (χ2v) is 9.67. The lowest BCUT2D eigenvalue weighted by Gasteiger charge is -2.32. The van der Waals surface area contributed by atoms with Crippen LogP contribution in [-0.2, 0) is 21.4 Å². The quantitative estimate of drug-likeness (QED) is 0.808. The number of nitrogens with zero attached hydrogens (tertiary/aromatic N) is 2. The Morgan fingerprint density at radius 3 is 2.75 bits per heavy atom. The topological polar surface area (TPSA) is 91.4 Å². The highest BCUT2D eigenvalue weighted by Crippen LogP contribution is 2.32. The lowest BCUT2D eigenvalue weighted by molar-refractivity contribution is -0.123. The average molecular weight is 373 g/mol. The maximum absolute atomic E-state index is 12.6. The summed E-state index contributed by atoms with van der Waals surface area (Å²) in [6.07, 6.45) is 5.18. The van der Waals surface area contributed by atoms with Crippen LogP contribution >= 0.6 is 11.3 Å². The zero-order chi connectivity index (χ0) is 17.4. The van der Waals surface area contributed by atoms with Crippen molar-refractivity contribution >= 4 is 27.3 Å². The number of thiazole rings is 1. The Morgan fingerprint density at radius 1 is 1.46 bits per heavy atom. The number of aryl methyl sites for hydroxylation is 1. The lowest BCUT2D eigenvalue weighted by atomic mass is 9.97. The number of sulfonamides is 1. The number of carbonyl (C=O) groups excluding carboxylic acids is 1. The molecule has 1 spiro atoms. The molecule has 1 saturated heterocycles. The largest absolute Gasteiger partial charge is 0.348 e. The number of hydrogen-bond acceptors (Lipinski definition) is 6. The lowest BCUT2D eigenvalue weighted by Crippen LogP contribution is -2.54. The van der Waals surface area contributed by atoms with E-state index in [0.29, 0.717) is 13.1 Å². The van der Waals surface area contributed by atoms with E-state index >= 15 is 0 Å². The molecule has 1 aromatic rings. The summed E-state index contributed by atoms with van der Waals surface area (Å²) in [5, 5.41) is 3.13. The molecule has 3 rings (SSSR count). The molecule has 0 aromatic carbocycles. The molecule has 2 aliphatic rings. The molecule has 2 fully saturated rings. The van der Waals surface area contributed by atoms with Gasteiger partial charge in [-0.05, 0) is 19.8 Å². The van der Waals surface area contributed by atoms with Crippen molar-refractivity contribution in [1.82, 2.24) is 19.9 Å². The first kappa shape index (κ1) is 17.8. The van der Waals surface area contributed by atoms with E-state index in [0.717, 1.165) is 49.1 Å². The van der Waals surface area contributed by atoms with Crippen molar-refractivity contribution in [2.75, 3.05) is 19.3 Å². The van der Waals surface area contributed by atoms with Gasteiger partial charge in [-0.2, -0.15) is 0 Å². The highest BCUT2D eigenvalue weighted by molar-refractivity contribution is 7.88. The first-order chi connectivity index (χ1) is 11.3. The highest BCUT2D eigenvalue weighted by atomic mass is 32.2. The Labute approximate surface area is 146 Å². The predicted molar refractivity (Wildman–Crippen MR) is 93.2 cm³/mol. The molecule has 1 aromatic heterocycles. The summed E-state index contributed by atoms with van der Waals surface area (Å²) in [5.41, 5.74) is 2.59. The molecule has 2 N–H and O–H groups in total. The van der Waals surface area contributed by atoms with E-state index in [1.807, 2.05) is 12.4 Å². The first-order valence-corrected chi connectivity index (χ1v) is 10.9. The number of hydrogen-bond donors (Lipinski definition) is 2. The minimum absolute atomic E-state index is 0.217. The van der Waals surface area contributed by atoms with Gasteiger partial charge in [0.15, 0.2) is 0 Å². The molecule has 2 heterocycles. The van der Waals surface area contributed by atoms with Crippen LogP contribution in [-0.4, -0.2) is 55.1 Å². The van der Waals surface area contributed by atoms with E-state index in [4.69, 9.17) is 0 Å². The van der Waals surface area contributed by atoms with Gasteiger partial charge in [0.2, 0.25) is 15.9 Å². The molecule has 1 saturated carbocycles. The molecule has 9 heteroatoms. The Bertz CT molecular complexity index is 710. The molecule has 1 unspecified atom stereocenters. The molecule has 0 radical (unpaired) electrons. The van der Waals surface area contributed by atoms with Crippen molar-refractivity contribution in [3.05, 3.63) is 16.1 Å². The van der Waals surface area contributed by atoms with E-state index in [-0.39, 0.29) is 11.4 Å². The number of carbonyl (C=O) groups is 1. The average Bonchev–Trinajstić information content (AvgIpc) is 3.04. The highest BCUT2D eigenvalue weighted by Gasteiger charge is 2.42. The van der Waals surface area contributed by atoms with E-state index in [9.17, 15) is 13.2 Å². The van der Waals surface area contributed by atoms with Gasteiger partial charge in [0.1, 0.15) is 6.04 Å². The third kappa shape index (κ3) is 4.14. The van der Waals surface area contributed by atoms with Crippen LogP contribution in [0.1, 0.15) is 36.3 Å². The maximum atomic E-state index is 12.6. The molecule has 1 amide bonds. The van der Waals surface area contributed by atoms with Gasteiger partial charge >= 0.3 is 0 Å². The minimum Gasteiger partial charge on any atom is -0.348 e. The Kier molecular flexibility index (Phi) is 4.96. The van der Waals surface area contributed by atoms with Crippen molar-refractivity contribution in [1.29, 1.82) is 0 Å². The maximum Gasteiger partial charge on any atom is 0.239 e. The van der Waals surface area contributed by atoms with Crippen molar-refractivity contribution in [3.63, 3.8) is 0 Å². The molecular formula is C15H24N4O3S2. The van der Waals surface area contributed by atoms with Gasteiger partial charge in [0.05, 0.1) is 23.0 Å². The Morgan fingerprint density at radius 2 is 2.17 bits per heavy atom. The van der Waals surface area contributed by atoms with Gasteiger partial charge in [-0.3, -0.25) is 9.69 Å². The second-order valence-electron chi connectivity index (χ2n) is 6.95. The monoisotopic (exact) mass is 372 g/mol. The van der Waals surface area contributed by atoms with Crippen LogP contribution in [0.5, 0.6) is 0 Å². The fourth-order valence-corrected chi connectivity index (χ4v) is 5.22. The molecule has 7 nitrogen and oxygen atoms in total. The van der Waals surface area contributed by atoms with Gasteiger partial charge < -0.3 is 5.32 Å². The van der Waals surface area contributed by atoms with Gasteiger partial charge in [0.25, 0.3) is 0 Å². The van der Waals surface area contributed by atoms with E-state index in [1.54, 1.807) is 11.3 Å². The van der Waals surface area contributed by atoms with E-state index in [2.05, 4.69) is 19.9 Å². The second kappa shape index (κ2) is 6.70. The number of nitrogens with one attached hydrogen (secondary N) is 2. The Balaban J connectivity index is 1.84. The van der Waals surface area contributed by atoms with Crippen LogP contribution < -0.4 is 10.0 Å². The van der Waals surface area contributed by atoms with Crippen LogP contribution in [0.3, 0.4) is 0 Å². The number of aromatic nitrogens is 1. The zero-order valence-corrected chi connectivity index (χ0v) is 15.7. The van der Waals surface area contributed by atoms with Crippen LogP contribution in [0.15, 0.2) is 5.51 Å². The molecule has 1 aliphatic carbocycles. The fourth-order valence-electron chi connectivity index (χ4n) is 3.71. The normalized spacial score (nSPS) is 24.9. The van der Waals surface area contributed by atoms with Gasteiger partial charge in [0, 0.05) is 24.5 Å². The smallest absolute Gasteiger partial charge is 0.239 e. The first-order valence-electron chi connectivity index (χ1n) is 8.17. The van der Waals surface area contributed by atoms with Crippen LogP contribution in [0.25, 0.3) is 0 Å². The molecule has 134 valence electrons. The van der Waals surface area contributed by atoms with Crippen LogP contribution in [0.2, 0.25) is 0 Å². The van der Waals surface area contributed by atoms with Crippen LogP contribution in [0, 0.1) is 6.92 Å². The van der Waals surface area contributed by atoms with Crippen molar-refractivity contribution < 1.29 is 13.2 Å². The van der Waals surface area contributed by atoms with Crippen molar-refractivity contribution in [2.45, 2.75) is 50.7 Å². The summed E-state index contributed by atoms with van der Waals surface area (Å²) >= 11 is 1.60. The minimum atomic E-state index is -3.45. The molecule has 0 bridgehead atoms. The van der Waals surface area contributed by atoms with Gasteiger partial charge in [-0.15, -0.1) is 11.3 Å². The van der Waals surface area contributed by atoms with E-state index < -0.39 is 16.1 Å². The summed E-state index contributed by atoms with van der Waals surface area (Å²) in [7, 11) is -3.45. The van der Waals surface area contributed by atoms with Crippen molar-refractivity contribution in [3.8, 4) is 0 Å². The summed E-state index contributed by atoms with van der Waals surface area (Å²) < 4.78 is 25.7. The zero-order valence-electron chi connectivity index (χ0n) is 14.0. The summed E-state index contributed by atoms with van der Waals surface area (Å²) in [6, 6.07) is -0.756. The molecular weight excluding hydrogens is 348 g/mol. The third-order valence-electron chi connectivity index (χ3n) is 4.80. The summed E-state index contributed by atoms with van der Waals surface area (Å²) in [5.74, 6) is -0.217. The van der Waals surface area contributed by atoms with Gasteiger partial charge in [-0.1, -0.05) is 12.8 Å². The Hall–Kier alpha value is -1.03. The molecule has 1 atom stereocenters. The van der Waals surface area contributed by atoms with Crippen molar-refractivity contribution in [2.24, 2.45) is 0 Å². The summed E-state index contributed by atoms with van der Waals surface area (Å²) in [4.78, 5) is 20.2. The predicted octanol–water partition coefficient (Wildman–Crippen LogP) is 0.614. The van der Waals surface area contributed by atoms with Gasteiger partial charge in [-0.25, -0.2) is 18.1 Å². The molecule has 24 heavy (non-hydrogen) atoms. The molecule has 1 aliphatic heterocycles. The number of amides is 1. The number of rotatable bonds is 4. The third-order valence-corrected chi connectivity index (χ3v) is 6.43. The fraction of sp³-hybridized carbons (Fsp3) is 0.733. The van der Waals surface area contributed by atoms with Crippen LogP contribution in [0.4, 0.5) is 0 Å². The van der Waals surface area contributed by atoms with E-state index in [1.165, 1.54) is 0 Å². The standard InChI is InChI=1S/C15H24N4O3S2/c1-11-13(23-10-16-11)8-19-7-12(18-24(2,21)22)14(20)17-15(9-19)5-3-4-6-15/h10,12,18H,3-9H2,1-2H3,(H,17,20). The SMILES string of the molecule is Cc1ncsc1CN1CC(NS(C)(=O)=O)C(=O)NC2(CCCC2)C1. The summed E-state index contributed by atoms with van der Waals surface area (Å²) in [6.45, 7) is 3.79.